The second-order valence-electron chi connectivity index (χ2n) is 9.60. The Morgan fingerprint density at radius 2 is 1.61 bits per heavy atom. The number of hydrogen-bond acceptors (Lipinski definition) is 12. The molecular weight excluding hydrogens is 606 g/mol. The number of carbonyl (C=O) groups is 3. The summed E-state index contributed by atoms with van der Waals surface area (Å²) < 4.78 is 5.19. The van der Waals surface area contributed by atoms with E-state index in [1.54, 1.807) is 60.7 Å². The predicted octanol–water partition coefficient (Wildman–Crippen LogP) is 4.37. The largest absolute Gasteiger partial charge is 0.353 e. The quantitative estimate of drug-likeness (QED) is 0.0562. The minimum absolute atomic E-state index is 0.0119. The fourth-order valence-corrected chi connectivity index (χ4v) is 5.43. The van der Waals surface area contributed by atoms with E-state index in [1.807, 2.05) is 0 Å². The van der Waals surface area contributed by atoms with Crippen molar-refractivity contribution < 1.29 is 29.4 Å². The van der Waals surface area contributed by atoms with Gasteiger partial charge in [-0.2, -0.15) is 0 Å². The van der Waals surface area contributed by atoms with Crippen LogP contribution in [0, 0.1) is 0 Å². The van der Waals surface area contributed by atoms with Crippen LogP contribution in [-0.2, 0) is 4.79 Å². The Kier molecular flexibility index (Phi) is 9.81. The molecule has 44 heavy (non-hydrogen) atoms. The maximum absolute atomic E-state index is 12.9. The average molecular weight is 634 g/mol. The Labute approximate surface area is 260 Å². The molecular formula is C29H27N7O6S2. The molecule has 226 valence electrons. The number of thioether (sulfide) groups is 1. The van der Waals surface area contributed by atoms with E-state index in [4.69, 9.17) is 16.8 Å². The summed E-state index contributed by atoms with van der Waals surface area (Å²) in [5, 5.41) is 37.8. The Hall–Kier alpha value is -4.83. The van der Waals surface area contributed by atoms with Gasteiger partial charge in [-0.25, -0.2) is 4.63 Å². The van der Waals surface area contributed by atoms with E-state index in [-0.39, 0.29) is 39.7 Å². The smallest absolute Gasteiger partial charge is 0.263 e. The highest BCUT2D eigenvalue weighted by molar-refractivity contribution is 8.26. The van der Waals surface area contributed by atoms with Crippen LogP contribution in [0.5, 0.6) is 0 Å². The van der Waals surface area contributed by atoms with Crippen molar-refractivity contribution in [1.82, 2.24) is 26.3 Å². The van der Waals surface area contributed by atoms with E-state index in [1.165, 1.54) is 17.8 Å². The number of thiocarbonyl (C=S) groups is 1. The third-order valence-electron chi connectivity index (χ3n) is 6.59. The van der Waals surface area contributed by atoms with Gasteiger partial charge in [-0.05, 0) is 77.6 Å². The van der Waals surface area contributed by atoms with Crippen LogP contribution in [-0.4, -0.2) is 55.9 Å². The fourth-order valence-electron chi connectivity index (χ4n) is 4.38. The zero-order chi connectivity index (χ0) is 31.1. The average Bonchev–Trinajstić information content (AvgIpc) is 3.63. The lowest BCUT2D eigenvalue weighted by atomic mass is 10.1. The number of benzene rings is 3. The summed E-state index contributed by atoms with van der Waals surface area (Å²) >= 11 is 6.20. The molecule has 13 nitrogen and oxygen atoms in total. The summed E-state index contributed by atoms with van der Waals surface area (Å²) in [6.45, 7) is 0.947. The molecule has 0 aliphatic carbocycles. The molecule has 1 aromatic heterocycles. The normalized spacial score (nSPS) is 13.6. The predicted molar refractivity (Wildman–Crippen MR) is 169 cm³/mol. The SMILES string of the molecule is O=C1NC(=S)S/C1=C\c1ccc(C(=O)NCCCCCNC(=O)c2ccccc2Nc2ccc(N(O)O)c3nonc23)cc1. The number of para-hydroxylation sites is 1. The molecule has 1 aliphatic rings. The monoisotopic (exact) mass is 633 g/mol. The molecule has 3 aromatic carbocycles. The highest BCUT2D eigenvalue weighted by Crippen LogP contribution is 2.31. The van der Waals surface area contributed by atoms with Gasteiger partial charge in [0.25, 0.3) is 17.7 Å². The Morgan fingerprint density at radius 3 is 2.32 bits per heavy atom. The van der Waals surface area contributed by atoms with Crippen LogP contribution in [0.15, 0.2) is 70.2 Å². The molecule has 0 unspecified atom stereocenters. The molecule has 5 rings (SSSR count). The van der Waals surface area contributed by atoms with Crippen molar-refractivity contribution in [3.63, 3.8) is 0 Å². The molecule has 0 spiro atoms. The minimum atomic E-state index is -0.265. The van der Waals surface area contributed by atoms with Crippen LogP contribution in [0.3, 0.4) is 0 Å². The third-order valence-corrected chi connectivity index (χ3v) is 7.75. The van der Waals surface area contributed by atoms with Crippen LogP contribution in [0.25, 0.3) is 17.1 Å². The van der Waals surface area contributed by atoms with Crippen molar-refractivity contribution in [2.45, 2.75) is 19.3 Å². The second kappa shape index (κ2) is 14.1. The summed E-state index contributed by atoms with van der Waals surface area (Å²) in [5.41, 5.74) is 3.08. The fraction of sp³-hybridized carbons (Fsp3) is 0.172. The third kappa shape index (κ3) is 7.38. The number of carbonyl (C=O) groups excluding carboxylic acids is 3. The highest BCUT2D eigenvalue weighted by Gasteiger charge is 2.22. The Morgan fingerprint density at radius 1 is 0.909 bits per heavy atom. The Bertz CT molecular complexity index is 1740. The van der Waals surface area contributed by atoms with Crippen molar-refractivity contribution in [2.75, 3.05) is 23.6 Å². The summed E-state index contributed by atoms with van der Waals surface area (Å²) in [4.78, 5) is 37.8. The molecule has 4 aromatic rings. The van der Waals surface area contributed by atoms with E-state index in [0.29, 0.717) is 44.8 Å². The molecule has 0 saturated carbocycles. The molecule has 2 heterocycles. The lowest BCUT2D eigenvalue weighted by Gasteiger charge is -2.14. The van der Waals surface area contributed by atoms with Gasteiger partial charge < -0.3 is 21.3 Å². The number of anilines is 3. The molecule has 6 N–H and O–H groups in total. The number of nitrogens with one attached hydrogen (secondary N) is 4. The lowest BCUT2D eigenvalue weighted by molar-refractivity contribution is -0.115. The molecule has 0 atom stereocenters. The molecule has 15 heteroatoms. The molecule has 0 bridgehead atoms. The van der Waals surface area contributed by atoms with Gasteiger partial charge in [0.2, 0.25) is 0 Å². The minimum Gasteiger partial charge on any atom is -0.353 e. The van der Waals surface area contributed by atoms with E-state index in [2.05, 4.69) is 31.6 Å². The Balaban J connectivity index is 1.05. The van der Waals surface area contributed by atoms with Crippen LogP contribution in [0.2, 0.25) is 0 Å². The molecule has 3 amide bonds. The van der Waals surface area contributed by atoms with Crippen molar-refractivity contribution >= 4 is 80.2 Å². The first-order chi connectivity index (χ1) is 21.3. The first-order valence-electron chi connectivity index (χ1n) is 13.5. The first-order valence-corrected chi connectivity index (χ1v) is 14.7. The number of nitrogens with zero attached hydrogens (tertiary/aromatic N) is 3. The van der Waals surface area contributed by atoms with E-state index < -0.39 is 0 Å². The summed E-state index contributed by atoms with van der Waals surface area (Å²) in [7, 11) is 0. The van der Waals surface area contributed by atoms with Gasteiger partial charge in [0.1, 0.15) is 10.0 Å². The van der Waals surface area contributed by atoms with Gasteiger partial charge in [-0.1, -0.05) is 48.2 Å². The van der Waals surface area contributed by atoms with Gasteiger partial charge in [0.05, 0.1) is 21.8 Å². The number of amides is 3. The van der Waals surface area contributed by atoms with Gasteiger partial charge in [-0.3, -0.25) is 24.8 Å². The van der Waals surface area contributed by atoms with Crippen LogP contribution < -0.4 is 26.5 Å². The zero-order valence-corrected chi connectivity index (χ0v) is 24.7. The van der Waals surface area contributed by atoms with Crippen molar-refractivity contribution in [2.24, 2.45) is 0 Å². The summed E-state index contributed by atoms with van der Waals surface area (Å²) in [5.74, 6) is -0.675. The van der Waals surface area contributed by atoms with Gasteiger partial charge in [0.15, 0.2) is 11.0 Å². The van der Waals surface area contributed by atoms with Crippen LogP contribution >= 0.6 is 24.0 Å². The molecule has 1 saturated heterocycles. The number of unbranched alkanes of at least 4 members (excludes halogenated alkanes) is 2. The number of fused-ring (bicyclic) bond motifs is 1. The highest BCUT2D eigenvalue weighted by atomic mass is 32.2. The lowest BCUT2D eigenvalue weighted by Crippen LogP contribution is -2.26. The topological polar surface area (TPSA) is 182 Å². The van der Waals surface area contributed by atoms with Crippen LogP contribution in [0.1, 0.15) is 45.5 Å². The maximum Gasteiger partial charge on any atom is 0.263 e. The van der Waals surface area contributed by atoms with Gasteiger partial charge in [-0.15, -0.1) is 5.23 Å². The second-order valence-corrected chi connectivity index (χ2v) is 11.3. The number of aromatic nitrogens is 2. The number of hydrogen-bond donors (Lipinski definition) is 6. The van der Waals surface area contributed by atoms with Gasteiger partial charge in [0, 0.05) is 18.7 Å². The first kappa shape index (κ1) is 30.6. The maximum atomic E-state index is 12.9. The molecule has 1 aliphatic heterocycles. The standard InChI is InChI=1S/C29H27N7O6S2/c37-26(18-10-8-17(9-11-18)16-23-28(39)33-29(43)44-23)30-14-4-1-5-15-31-27(38)19-6-2-3-7-20(19)32-21-12-13-22(36(40)41)25-24(21)34-42-35-25/h2-3,6-13,16,32,40-41H,1,4-5,14-15H2,(H,30,37)(H,31,38)(H,33,39,43)/b23-16-. The van der Waals surface area contributed by atoms with Crippen molar-refractivity contribution in [3.05, 3.63) is 82.3 Å². The van der Waals surface area contributed by atoms with Gasteiger partial charge >= 0.3 is 0 Å². The van der Waals surface area contributed by atoms with Crippen molar-refractivity contribution in [1.29, 1.82) is 0 Å². The van der Waals surface area contributed by atoms with Crippen LogP contribution in [0.4, 0.5) is 17.1 Å². The zero-order valence-electron chi connectivity index (χ0n) is 23.1. The summed E-state index contributed by atoms with van der Waals surface area (Å²) in [6, 6.07) is 16.9. The van der Waals surface area contributed by atoms with E-state index in [9.17, 15) is 24.8 Å². The molecule has 1 fully saturated rings. The summed E-state index contributed by atoms with van der Waals surface area (Å²) in [6.07, 6.45) is 3.99. The number of rotatable bonds is 12. The van der Waals surface area contributed by atoms with E-state index in [0.717, 1.165) is 24.8 Å². The molecule has 0 radical (unpaired) electrons. The van der Waals surface area contributed by atoms with E-state index >= 15 is 0 Å². The van der Waals surface area contributed by atoms with Crippen molar-refractivity contribution in [3.8, 4) is 0 Å².